The monoisotopic (exact) mass is 372 g/mol. The van der Waals surface area contributed by atoms with Crippen molar-refractivity contribution in [2.45, 2.75) is 24.8 Å². The van der Waals surface area contributed by atoms with Crippen LogP contribution in [0.1, 0.15) is 36.1 Å². The standard InChI is InChI=1S/C18H20N4O3S/c1-3-19-26(24,25)14-10-8-13(9-11-14)18(23)20-12(2)17-21-15-6-4-5-7-16(15)22-17/h4-12,19H,3H2,1-2H3,(H,20,23)(H,21,22)/t12-/m0/s1. The van der Waals surface area contributed by atoms with Gasteiger partial charge in [-0.1, -0.05) is 19.1 Å². The second-order valence-corrected chi connectivity index (χ2v) is 7.63. The van der Waals surface area contributed by atoms with Gasteiger partial charge in [0.05, 0.1) is 22.0 Å². The molecule has 3 N–H and O–H groups in total. The van der Waals surface area contributed by atoms with Crippen LogP contribution in [0.2, 0.25) is 0 Å². The lowest BCUT2D eigenvalue weighted by molar-refractivity contribution is 0.0938. The number of carbonyl (C=O) groups is 1. The Bertz CT molecular complexity index is 993. The Morgan fingerprint density at radius 1 is 1.15 bits per heavy atom. The average Bonchev–Trinajstić information content (AvgIpc) is 3.06. The highest BCUT2D eigenvalue weighted by molar-refractivity contribution is 7.89. The molecule has 0 radical (unpaired) electrons. The number of rotatable bonds is 6. The van der Waals surface area contributed by atoms with Crippen LogP contribution in [0.3, 0.4) is 0 Å². The van der Waals surface area contributed by atoms with Crippen LogP contribution >= 0.6 is 0 Å². The van der Waals surface area contributed by atoms with Crippen molar-refractivity contribution in [3.05, 3.63) is 59.9 Å². The number of nitrogens with zero attached hydrogens (tertiary/aromatic N) is 1. The molecular weight excluding hydrogens is 352 g/mol. The van der Waals surface area contributed by atoms with Crippen molar-refractivity contribution in [1.82, 2.24) is 20.0 Å². The number of H-pyrrole nitrogens is 1. The molecule has 1 heterocycles. The summed E-state index contributed by atoms with van der Waals surface area (Å²) < 4.78 is 26.3. The van der Waals surface area contributed by atoms with Gasteiger partial charge in [-0.05, 0) is 43.3 Å². The predicted molar refractivity (Wildman–Crippen MR) is 99.3 cm³/mol. The van der Waals surface area contributed by atoms with Crippen molar-refractivity contribution >= 4 is 27.0 Å². The molecule has 26 heavy (non-hydrogen) atoms. The van der Waals surface area contributed by atoms with Crippen molar-refractivity contribution in [2.75, 3.05) is 6.54 Å². The minimum absolute atomic E-state index is 0.126. The van der Waals surface area contributed by atoms with E-state index in [-0.39, 0.29) is 16.8 Å². The first-order valence-electron chi connectivity index (χ1n) is 8.26. The van der Waals surface area contributed by atoms with Gasteiger partial charge in [0.25, 0.3) is 5.91 Å². The van der Waals surface area contributed by atoms with Gasteiger partial charge in [0, 0.05) is 12.1 Å². The van der Waals surface area contributed by atoms with E-state index >= 15 is 0 Å². The fraction of sp³-hybridized carbons (Fsp3) is 0.222. The van der Waals surface area contributed by atoms with Crippen molar-refractivity contribution in [1.29, 1.82) is 0 Å². The summed E-state index contributed by atoms with van der Waals surface area (Å²) in [7, 11) is -3.53. The zero-order valence-corrected chi connectivity index (χ0v) is 15.3. The molecular formula is C18H20N4O3S. The number of para-hydroxylation sites is 2. The van der Waals surface area contributed by atoms with E-state index < -0.39 is 10.0 Å². The molecule has 2 aromatic carbocycles. The summed E-state index contributed by atoms with van der Waals surface area (Å²) in [5.41, 5.74) is 2.12. The number of hydrogen-bond donors (Lipinski definition) is 3. The summed E-state index contributed by atoms with van der Waals surface area (Å²) in [4.78, 5) is 20.2. The van der Waals surface area contributed by atoms with Gasteiger partial charge in [0.15, 0.2) is 0 Å². The highest BCUT2D eigenvalue weighted by Gasteiger charge is 2.17. The van der Waals surface area contributed by atoms with Crippen LogP contribution in [0, 0.1) is 0 Å². The minimum Gasteiger partial charge on any atom is -0.342 e. The zero-order chi connectivity index (χ0) is 18.7. The van der Waals surface area contributed by atoms with Gasteiger partial charge in [-0.15, -0.1) is 0 Å². The van der Waals surface area contributed by atoms with E-state index in [9.17, 15) is 13.2 Å². The largest absolute Gasteiger partial charge is 0.342 e. The smallest absolute Gasteiger partial charge is 0.251 e. The molecule has 0 saturated carbocycles. The van der Waals surface area contributed by atoms with Crippen molar-refractivity contribution in [3.8, 4) is 0 Å². The first-order valence-corrected chi connectivity index (χ1v) is 9.74. The Morgan fingerprint density at radius 2 is 1.85 bits per heavy atom. The van der Waals surface area contributed by atoms with Crippen LogP contribution in [0.25, 0.3) is 11.0 Å². The van der Waals surface area contributed by atoms with Crippen LogP contribution in [-0.2, 0) is 10.0 Å². The highest BCUT2D eigenvalue weighted by Crippen LogP contribution is 2.16. The number of amides is 1. The normalized spacial score (nSPS) is 12.8. The maximum atomic E-state index is 12.4. The van der Waals surface area contributed by atoms with Gasteiger partial charge in [-0.3, -0.25) is 4.79 Å². The lowest BCUT2D eigenvalue weighted by Gasteiger charge is -2.12. The summed E-state index contributed by atoms with van der Waals surface area (Å²) in [6.45, 7) is 3.85. The molecule has 3 rings (SSSR count). The second kappa shape index (κ2) is 7.27. The maximum Gasteiger partial charge on any atom is 0.251 e. The molecule has 0 aliphatic heterocycles. The first kappa shape index (κ1) is 18.1. The fourth-order valence-corrected chi connectivity index (χ4v) is 3.63. The van der Waals surface area contributed by atoms with Gasteiger partial charge in [0.2, 0.25) is 10.0 Å². The number of fused-ring (bicyclic) bond motifs is 1. The first-order chi connectivity index (χ1) is 12.4. The van der Waals surface area contributed by atoms with E-state index in [0.29, 0.717) is 17.9 Å². The molecule has 3 aromatic rings. The molecule has 0 aliphatic rings. The lowest BCUT2D eigenvalue weighted by atomic mass is 10.2. The second-order valence-electron chi connectivity index (χ2n) is 5.86. The molecule has 0 saturated heterocycles. The van der Waals surface area contributed by atoms with Gasteiger partial charge in [0.1, 0.15) is 5.82 Å². The number of nitrogens with one attached hydrogen (secondary N) is 3. The van der Waals surface area contributed by atoms with Crippen molar-refractivity contribution in [2.24, 2.45) is 0 Å². The van der Waals surface area contributed by atoms with Gasteiger partial charge in [-0.2, -0.15) is 0 Å². The molecule has 0 unspecified atom stereocenters. The van der Waals surface area contributed by atoms with Crippen LogP contribution in [-0.4, -0.2) is 30.8 Å². The maximum absolute atomic E-state index is 12.4. The number of imidazole rings is 1. The van der Waals surface area contributed by atoms with Crippen LogP contribution in [0.4, 0.5) is 0 Å². The summed E-state index contributed by atoms with van der Waals surface area (Å²) in [5, 5.41) is 2.86. The Morgan fingerprint density at radius 3 is 2.50 bits per heavy atom. The Hall–Kier alpha value is -2.71. The number of sulfonamides is 1. The summed E-state index contributed by atoms with van der Waals surface area (Å²) in [6, 6.07) is 13.1. The molecule has 0 bridgehead atoms. The van der Waals surface area contributed by atoms with E-state index in [4.69, 9.17) is 0 Å². The summed E-state index contributed by atoms with van der Waals surface area (Å²) in [5.74, 6) is 0.358. The summed E-state index contributed by atoms with van der Waals surface area (Å²) >= 11 is 0. The number of benzene rings is 2. The van der Waals surface area contributed by atoms with Crippen molar-refractivity contribution in [3.63, 3.8) is 0 Å². The Balaban J connectivity index is 1.73. The average molecular weight is 372 g/mol. The third kappa shape index (κ3) is 3.76. The number of carbonyl (C=O) groups excluding carboxylic acids is 1. The summed E-state index contributed by atoms with van der Waals surface area (Å²) in [6.07, 6.45) is 0. The van der Waals surface area contributed by atoms with E-state index in [2.05, 4.69) is 20.0 Å². The van der Waals surface area contributed by atoms with E-state index in [1.807, 2.05) is 31.2 Å². The third-order valence-electron chi connectivity index (χ3n) is 3.93. The van der Waals surface area contributed by atoms with Gasteiger partial charge >= 0.3 is 0 Å². The molecule has 8 heteroatoms. The molecule has 1 atom stereocenters. The molecule has 1 amide bonds. The van der Waals surface area contributed by atoms with Crippen LogP contribution in [0.5, 0.6) is 0 Å². The van der Waals surface area contributed by atoms with Gasteiger partial charge in [-0.25, -0.2) is 18.1 Å². The highest BCUT2D eigenvalue weighted by atomic mass is 32.2. The molecule has 0 spiro atoms. The predicted octanol–water partition coefficient (Wildman–Crippen LogP) is 2.35. The van der Waals surface area contributed by atoms with Crippen molar-refractivity contribution < 1.29 is 13.2 Å². The minimum atomic E-state index is -3.53. The SMILES string of the molecule is CCNS(=O)(=O)c1ccc(C(=O)N[C@@H](C)c2nc3ccccc3[nH]2)cc1. The lowest BCUT2D eigenvalue weighted by Crippen LogP contribution is -2.27. The number of aromatic nitrogens is 2. The molecule has 1 aromatic heterocycles. The number of hydrogen-bond acceptors (Lipinski definition) is 4. The van der Waals surface area contributed by atoms with Crippen LogP contribution in [0.15, 0.2) is 53.4 Å². The fourth-order valence-electron chi connectivity index (χ4n) is 2.58. The number of aromatic amines is 1. The zero-order valence-electron chi connectivity index (χ0n) is 14.5. The quantitative estimate of drug-likeness (QED) is 0.618. The van der Waals surface area contributed by atoms with Crippen LogP contribution < -0.4 is 10.0 Å². The van der Waals surface area contributed by atoms with E-state index in [0.717, 1.165) is 11.0 Å². The Labute approximate surface area is 151 Å². The Kier molecular flexibility index (Phi) is 5.06. The topological polar surface area (TPSA) is 104 Å². The molecule has 0 aliphatic carbocycles. The molecule has 7 nitrogen and oxygen atoms in total. The van der Waals surface area contributed by atoms with E-state index in [1.54, 1.807) is 6.92 Å². The third-order valence-corrected chi connectivity index (χ3v) is 5.49. The van der Waals surface area contributed by atoms with E-state index in [1.165, 1.54) is 24.3 Å². The van der Waals surface area contributed by atoms with Gasteiger partial charge < -0.3 is 10.3 Å². The molecule has 0 fully saturated rings. The molecule has 136 valence electrons.